The molecule has 2 heterocycles. The van der Waals surface area contributed by atoms with Gasteiger partial charge in [-0.15, -0.1) is 0 Å². The fourth-order valence-corrected chi connectivity index (χ4v) is 2.48. The smallest absolute Gasteiger partial charge is 0.321 e. The van der Waals surface area contributed by atoms with Gasteiger partial charge in [0.2, 0.25) is 5.82 Å². The quantitative estimate of drug-likeness (QED) is 0.781. The van der Waals surface area contributed by atoms with Gasteiger partial charge >= 0.3 is 6.01 Å². The Bertz CT molecular complexity index is 594. The number of morpholine rings is 1. The Morgan fingerprint density at radius 1 is 1.22 bits per heavy atom. The third kappa shape index (κ3) is 4.43. The zero-order chi connectivity index (χ0) is 15.9. The predicted molar refractivity (Wildman–Crippen MR) is 86.7 cm³/mol. The molecule has 0 spiro atoms. The second-order valence-electron chi connectivity index (χ2n) is 5.39. The molecule has 1 aromatic carbocycles. The highest BCUT2D eigenvalue weighted by atomic mass is 16.5. The van der Waals surface area contributed by atoms with Crippen LogP contribution in [0.2, 0.25) is 0 Å². The van der Waals surface area contributed by atoms with E-state index in [0.29, 0.717) is 11.8 Å². The number of hydrogen-bond donors (Lipinski definition) is 1. The minimum Gasteiger partial charge on any atom is -0.497 e. The van der Waals surface area contributed by atoms with Crippen molar-refractivity contribution < 1.29 is 14.0 Å². The van der Waals surface area contributed by atoms with Gasteiger partial charge in [-0.1, -0.05) is 5.16 Å². The number of aromatic nitrogens is 2. The van der Waals surface area contributed by atoms with Crippen LogP contribution in [0, 0.1) is 0 Å². The maximum atomic E-state index is 5.34. The van der Waals surface area contributed by atoms with Gasteiger partial charge in [-0.3, -0.25) is 4.90 Å². The molecule has 2 aromatic rings. The SMILES string of the molecule is COc1ccc(-c2noc(NCCCN3CCOCC3)n2)cc1. The lowest BCUT2D eigenvalue weighted by molar-refractivity contribution is 0.0378. The second-order valence-corrected chi connectivity index (χ2v) is 5.39. The van der Waals surface area contributed by atoms with E-state index in [9.17, 15) is 0 Å². The normalized spacial score (nSPS) is 15.5. The Morgan fingerprint density at radius 3 is 2.74 bits per heavy atom. The molecule has 0 saturated carbocycles. The van der Waals surface area contributed by atoms with Crippen molar-refractivity contribution in [2.24, 2.45) is 0 Å². The summed E-state index contributed by atoms with van der Waals surface area (Å²) in [7, 11) is 1.64. The zero-order valence-electron chi connectivity index (χ0n) is 13.3. The van der Waals surface area contributed by atoms with Crippen LogP contribution in [0.5, 0.6) is 5.75 Å². The molecular formula is C16H22N4O3. The van der Waals surface area contributed by atoms with Crippen LogP contribution in [-0.4, -0.2) is 61.5 Å². The van der Waals surface area contributed by atoms with E-state index in [1.54, 1.807) is 7.11 Å². The summed E-state index contributed by atoms with van der Waals surface area (Å²) in [4.78, 5) is 6.76. The molecule has 0 bridgehead atoms. The molecule has 7 nitrogen and oxygen atoms in total. The van der Waals surface area contributed by atoms with E-state index in [-0.39, 0.29) is 0 Å². The number of rotatable bonds is 7. The summed E-state index contributed by atoms with van der Waals surface area (Å²) >= 11 is 0. The fraction of sp³-hybridized carbons (Fsp3) is 0.500. The van der Waals surface area contributed by atoms with Crippen LogP contribution in [-0.2, 0) is 4.74 Å². The Morgan fingerprint density at radius 2 is 2.00 bits per heavy atom. The van der Waals surface area contributed by atoms with Crippen LogP contribution >= 0.6 is 0 Å². The highest BCUT2D eigenvalue weighted by molar-refractivity contribution is 5.56. The maximum Gasteiger partial charge on any atom is 0.321 e. The molecule has 1 saturated heterocycles. The number of anilines is 1. The van der Waals surface area contributed by atoms with E-state index in [1.165, 1.54) is 0 Å². The summed E-state index contributed by atoms with van der Waals surface area (Å²) in [6, 6.07) is 8.03. The van der Waals surface area contributed by atoms with Crippen LogP contribution < -0.4 is 10.1 Å². The molecule has 124 valence electrons. The van der Waals surface area contributed by atoms with Crippen molar-refractivity contribution in [1.29, 1.82) is 0 Å². The van der Waals surface area contributed by atoms with Gasteiger partial charge in [0.25, 0.3) is 0 Å². The molecule has 0 atom stereocenters. The summed E-state index contributed by atoms with van der Waals surface area (Å²) in [6.07, 6.45) is 1.03. The van der Waals surface area contributed by atoms with E-state index in [4.69, 9.17) is 14.0 Å². The van der Waals surface area contributed by atoms with Crippen molar-refractivity contribution in [3.05, 3.63) is 24.3 Å². The molecule has 1 fully saturated rings. The van der Waals surface area contributed by atoms with Crippen molar-refractivity contribution >= 4 is 6.01 Å². The highest BCUT2D eigenvalue weighted by Crippen LogP contribution is 2.20. The highest BCUT2D eigenvalue weighted by Gasteiger charge is 2.10. The van der Waals surface area contributed by atoms with Crippen LogP contribution in [0.15, 0.2) is 28.8 Å². The van der Waals surface area contributed by atoms with Gasteiger partial charge in [0.05, 0.1) is 20.3 Å². The first-order chi connectivity index (χ1) is 11.3. The number of benzene rings is 1. The molecular weight excluding hydrogens is 296 g/mol. The molecule has 0 amide bonds. The number of nitrogens with one attached hydrogen (secondary N) is 1. The van der Waals surface area contributed by atoms with Crippen molar-refractivity contribution in [2.75, 3.05) is 51.8 Å². The van der Waals surface area contributed by atoms with Gasteiger partial charge in [-0.2, -0.15) is 4.98 Å². The van der Waals surface area contributed by atoms with Crippen LogP contribution in [0.3, 0.4) is 0 Å². The van der Waals surface area contributed by atoms with E-state index in [2.05, 4.69) is 20.4 Å². The molecule has 1 aromatic heterocycles. The van der Waals surface area contributed by atoms with Gasteiger partial charge in [0.15, 0.2) is 0 Å². The topological polar surface area (TPSA) is 72.7 Å². The molecule has 0 radical (unpaired) electrons. The summed E-state index contributed by atoms with van der Waals surface area (Å²) in [5.41, 5.74) is 0.899. The number of methoxy groups -OCH3 is 1. The fourth-order valence-electron chi connectivity index (χ4n) is 2.48. The number of ether oxygens (including phenoxy) is 2. The summed E-state index contributed by atoms with van der Waals surface area (Å²) in [6.45, 7) is 5.56. The molecule has 3 rings (SSSR count). The lowest BCUT2D eigenvalue weighted by Gasteiger charge is -2.26. The van der Waals surface area contributed by atoms with Gasteiger partial charge in [0, 0.05) is 25.2 Å². The molecule has 1 aliphatic heterocycles. The van der Waals surface area contributed by atoms with Crippen LogP contribution in [0.1, 0.15) is 6.42 Å². The van der Waals surface area contributed by atoms with Gasteiger partial charge < -0.3 is 19.3 Å². The van der Waals surface area contributed by atoms with Gasteiger partial charge in [-0.05, 0) is 37.2 Å². The molecule has 7 heteroatoms. The van der Waals surface area contributed by atoms with Crippen molar-refractivity contribution in [3.63, 3.8) is 0 Å². The Labute approximate surface area is 135 Å². The molecule has 1 N–H and O–H groups in total. The third-order valence-corrected chi connectivity index (χ3v) is 3.81. The van der Waals surface area contributed by atoms with E-state index in [1.807, 2.05) is 24.3 Å². The molecule has 0 unspecified atom stereocenters. The standard InChI is InChI=1S/C16H22N4O3/c1-21-14-5-3-13(4-6-14)15-18-16(23-19-15)17-7-2-8-20-9-11-22-12-10-20/h3-6H,2,7-12H2,1H3,(H,17,18,19). The van der Waals surface area contributed by atoms with Crippen molar-refractivity contribution in [3.8, 4) is 17.1 Å². The third-order valence-electron chi connectivity index (χ3n) is 3.81. The zero-order valence-corrected chi connectivity index (χ0v) is 13.3. The lowest BCUT2D eigenvalue weighted by atomic mass is 10.2. The van der Waals surface area contributed by atoms with Gasteiger partial charge in [-0.25, -0.2) is 0 Å². The van der Waals surface area contributed by atoms with E-state index in [0.717, 1.165) is 57.1 Å². The number of nitrogens with zero attached hydrogens (tertiary/aromatic N) is 3. The Hall–Kier alpha value is -2.12. The minimum atomic E-state index is 0.456. The minimum absolute atomic E-state index is 0.456. The maximum absolute atomic E-state index is 5.34. The monoisotopic (exact) mass is 318 g/mol. The molecule has 0 aliphatic carbocycles. The first-order valence-corrected chi connectivity index (χ1v) is 7.87. The van der Waals surface area contributed by atoms with E-state index < -0.39 is 0 Å². The van der Waals surface area contributed by atoms with Crippen molar-refractivity contribution in [2.45, 2.75) is 6.42 Å². The molecule has 23 heavy (non-hydrogen) atoms. The summed E-state index contributed by atoms with van der Waals surface area (Å²) in [5.74, 6) is 1.38. The Balaban J connectivity index is 1.45. The van der Waals surface area contributed by atoms with Crippen LogP contribution in [0.4, 0.5) is 6.01 Å². The van der Waals surface area contributed by atoms with Crippen LogP contribution in [0.25, 0.3) is 11.4 Å². The predicted octanol–water partition coefficient (Wildman–Crippen LogP) is 1.88. The first kappa shape index (κ1) is 15.8. The lowest BCUT2D eigenvalue weighted by Crippen LogP contribution is -2.37. The van der Waals surface area contributed by atoms with Crippen molar-refractivity contribution in [1.82, 2.24) is 15.0 Å². The summed E-state index contributed by atoms with van der Waals surface area (Å²) < 4.78 is 15.7. The average molecular weight is 318 g/mol. The summed E-state index contributed by atoms with van der Waals surface area (Å²) in [5, 5.41) is 7.17. The molecule has 1 aliphatic rings. The Kier molecular flexibility index (Phi) is 5.44. The first-order valence-electron chi connectivity index (χ1n) is 7.87. The second kappa shape index (κ2) is 7.94. The van der Waals surface area contributed by atoms with Gasteiger partial charge in [0.1, 0.15) is 5.75 Å². The largest absolute Gasteiger partial charge is 0.497 e. The average Bonchev–Trinajstić information content (AvgIpc) is 3.09. The number of hydrogen-bond acceptors (Lipinski definition) is 7. The van der Waals surface area contributed by atoms with E-state index >= 15 is 0 Å².